The largest absolute Gasteiger partial charge is 0.372 e. The van der Waals surface area contributed by atoms with Crippen LogP contribution < -0.4 is 4.90 Å². The third-order valence-corrected chi connectivity index (χ3v) is 6.52. The van der Waals surface area contributed by atoms with E-state index < -0.39 is 0 Å². The van der Waals surface area contributed by atoms with E-state index >= 15 is 0 Å². The number of hydrogen-bond acceptors (Lipinski definition) is 4. The number of rotatable bonds is 4. The van der Waals surface area contributed by atoms with E-state index in [1.807, 2.05) is 13.0 Å². The van der Waals surface area contributed by atoms with E-state index in [0.717, 1.165) is 24.2 Å². The van der Waals surface area contributed by atoms with Crippen molar-refractivity contribution in [1.82, 2.24) is 4.90 Å². The molecule has 2 heterocycles. The average molecular weight is 424 g/mol. The van der Waals surface area contributed by atoms with Gasteiger partial charge in [-0.3, -0.25) is 9.69 Å². The van der Waals surface area contributed by atoms with Crippen LogP contribution >= 0.6 is 11.8 Å². The smallest absolute Gasteiger partial charge is 0.266 e. The summed E-state index contributed by atoms with van der Waals surface area (Å²) < 4.78 is 13.2. The van der Waals surface area contributed by atoms with E-state index in [-0.39, 0.29) is 11.7 Å². The van der Waals surface area contributed by atoms with Crippen LogP contribution in [0.4, 0.5) is 15.8 Å². The van der Waals surface area contributed by atoms with Gasteiger partial charge in [0.1, 0.15) is 5.82 Å². The Balaban J connectivity index is 1.58. The van der Waals surface area contributed by atoms with Gasteiger partial charge in [-0.05, 0) is 98.5 Å². The van der Waals surface area contributed by atoms with Crippen LogP contribution in [0.3, 0.4) is 0 Å². The number of aryl methyl sites for hydroxylation is 1. The summed E-state index contributed by atoms with van der Waals surface area (Å²) in [4.78, 5) is 22.2. The van der Waals surface area contributed by atoms with Crippen molar-refractivity contribution in [3.63, 3.8) is 0 Å². The number of amides is 1. The first-order chi connectivity index (χ1) is 14.5. The lowest BCUT2D eigenvalue weighted by molar-refractivity contribution is -0.122. The Morgan fingerprint density at radius 3 is 2.50 bits per heavy atom. The summed E-state index contributed by atoms with van der Waals surface area (Å²) >= 11 is 1.37. The van der Waals surface area contributed by atoms with E-state index in [4.69, 9.17) is 0 Å². The molecule has 156 valence electrons. The minimum absolute atomic E-state index is 0.0390. The van der Waals surface area contributed by atoms with Gasteiger partial charge in [-0.1, -0.05) is 6.07 Å². The van der Waals surface area contributed by atoms with Crippen LogP contribution in [0.2, 0.25) is 0 Å². The molecule has 0 unspecified atom stereocenters. The highest BCUT2D eigenvalue weighted by Crippen LogP contribution is 2.35. The Morgan fingerprint density at radius 1 is 1.10 bits per heavy atom. The van der Waals surface area contributed by atoms with Crippen molar-refractivity contribution >= 4 is 40.3 Å². The number of amidine groups is 1. The fourth-order valence-electron chi connectivity index (χ4n) is 3.81. The molecular formula is C24H26FN3OS. The molecule has 0 aromatic heterocycles. The van der Waals surface area contributed by atoms with Crippen molar-refractivity contribution < 1.29 is 9.18 Å². The van der Waals surface area contributed by atoms with Gasteiger partial charge in [0, 0.05) is 25.3 Å². The molecule has 0 saturated carbocycles. The third kappa shape index (κ3) is 4.43. The first kappa shape index (κ1) is 20.7. The molecule has 2 saturated heterocycles. The minimum atomic E-state index is -0.300. The molecule has 2 aromatic rings. The van der Waals surface area contributed by atoms with Crippen molar-refractivity contribution in [3.05, 3.63) is 64.3 Å². The molecule has 4 rings (SSSR count). The zero-order valence-electron chi connectivity index (χ0n) is 17.4. The molecule has 2 aromatic carbocycles. The molecule has 30 heavy (non-hydrogen) atoms. The average Bonchev–Trinajstić information content (AvgIpc) is 3.05. The zero-order chi connectivity index (χ0) is 21.1. The number of halogens is 1. The van der Waals surface area contributed by atoms with E-state index in [1.54, 1.807) is 17.0 Å². The highest BCUT2D eigenvalue weighted by Gasteiger charge is 2.32. The van der Waals surface area contributed by atoms with Crippen LogP contribution in [0.5, 0.6) is 0 Å². The molecule has 2 fully saturated rings. The topological polar surface area (TPSA) is 35.9 Å². The van der Waals surface area contributed by atoms with Gasteiger partial charge in [0.15, 0.2) is 5.17 Å². The number of carbonyl (C=O) groups is 1. The highest BCUT2D eigenvalue weighted by molar-refractivity contribution is 8.18. The van der Waals surface area contributed by atoms with Crippen LogP contribution in [-0.2, 0) is 4.79 Å². The van der Waals surface area contributed by atoms with Crippen LogP contribution in [0.15, 0.2) is 52.4 Å². The molecular weight excluding hydrogens is 397 g/mol. The fraction of sp³-hybridized carbons (Fsp3) is 0.333. The number of benzene rings is 2. The number of hydrogen-bond donors (Lipinski definition) is 0. The molecule has 0 bridgehead atoms. The Kier molecular flexibility index (Phi) is 6.23. The lowest BCUT2D eigenvalue weighted by Crippen LogP contribution is -2.29. The number of aliphatic imine (C=N–C) groups is 1. The second-order valence-corrected chi connectivity index (χ2v) is 8.63. The summed E-state index contributed by atoms with van der Waals surface area (Å²) in [6.07, 6.45) is 5.77. The summed E-state index contributed by atoms with van der Waals surface area (Å²) in [6, 6.07) is 12.5. The van der Waals surface area contributed by atoms with Crippen LogP contribution in [0.1, 0.15) is 37.3 Å². The third-order valence-electron chi connectivity index (χ3n) is 5.52. The predicted molar refractivity (Wildman–Crippen MR) is 124 cm³/mol. The van der Waals surface area contributed by atoms with Crippen molar-refractivity contribution in [2.45, 2.75) is 33.1 Å². The Hall–Kier alpha value is -2.60. The summed E-state index contributed by atoms with van der Waals surface area (Å²) in [5.41, 5.74) is 4.10. The van der Waals surface area contributed by atoms with Crippen molar-refractivity contribution in [2.75, 3.05) is 24.5 Å². The van der Waals surface area contributed by atoms with Crippen LogP contribution in [0, 0.1) is 12.7 Å². The van der Waals surface area contributed by atoms with Gasteiger partial charge in [-0.2, -0.15) is 0 Å². The van der Waals surface area contributed by atoms with E-state index in [2.05, 4.69) is 35.0 Å². The monoisotopic (exact) mass is 423 g/mol. The standard InChI is InChI=1S/C24H26FN3OS/c1-3-28-23(29)22(30-24(28)26-20-10-8-19(25)9-11-20)16-18-7-12-21(15-17(18)2)27-13-5-4-6-14-27/h7-12,15-16H,3-6,13-14H2,1-2H3/b22-16+,26-24?. The quantitative estimate of drug-likeness (QED) is 0.588. The molecule has 0 spiro atoms. The number of piperidine rings is 1. The first-order valence-electron chi connectivity index (χ1n) is 10.5. The molecule has 0 aliphatic carbocycles. The van der Waals surface area contributed by atoms with Gasteiger partial charge in [0.2, 0.25) is 0 Å². The first-order valence-corrected chi connectivity index (χ1v) is 11.3. The maximum absolute atomic E-state index is 13.2. The van der Waals surface area contributed by atoms with Gasteiger partial charge >= 0.3 is 0 Å². The van der Waals surface area contributed by atoms with E-state index in [1.165, 1.54) is 48.8 Å². The molecule has 2 aliphatic rings. The molecule has 0 N–H and O–H groups in total. The predicted octanol–water partition coefficient (Wildman–Crippen LogP) is 5.75. The Labute approximate surface area is 181 Å². The zero-order valence-corrected chi connectivity index (χ0v) is 18.2. The van der Waals surface area contributed by atoms with Crippen LogP contribution in [0.25, 0.3) is 6.08 Å². The van der Waals surface area contributed by atoms with E-state index in [0.29, 0.717) is 22.3 Å². The molecule has 6 heteroatoms. The lowest BCUT2D eigenvalue weighted by atomic mass is 10.0. The summed E-state index contributed by atoms with van der Waals surface area (Å²) in [6.45, 7) is 6.79. The maximum Gasteiger partial charge on any atom is 0.266 e. The second-order valence-electron chi connectivity index (χ2n) is 7.62. The number of nitrogens with zero attached hydrogens (tertiary/aromatic N) is 3. The fourth-order valence-corrected chi connectivity index (χ4v) is 4.86. The molecule has 1 amide bonds. The van der Waals surface area contributed by atoms with Crippen molar-refractivity contribution in [2.24, 2.45) is 4.99 Å². The maximum atomic E-state index is 13.2. The van der Waals surface area contributed by atoms with Gasteiger partial charge in [0.25, 0.3) is 5.91 Å². The molecule has 4 nitrogen and oxygen atoms in total. The van der Waals surface area contributed by atoms with Crippen molar-refractivity contribution in [3.8, 4) is 0 Å². The van der Waals surface area contributed by atoms with Gasteiger partial charge in [0.05, 0.1) is 10.6 Å². The van der Waals surface area contributed by atoms with Gasteiger partial charge in [-0.15, -0.1) is 0 Å². The number of thioether (sulfide) groups is 1. The van der Waals surface area contributed by atoms with Gasteiger partial charge < -0.3 is 4.90 Å². The SMILES string of the molecule is CCN1C(=O)/C(=C\c2ccc(N3CCCCC3)cc2C)SC1=Nc1ccc(F)cc1. The van der Waals surface area contributed by atoms with Crippen molar-refractivity contribution in [1.29, 1.82) is 0 Å². The van der Waals surface area contributed by atoms with Crippen LogP contribution in [-0.4, -0.2) is 35.6 Å². The minimum Gasteiger partial charge on any atom is -0.372 e. The Bertz CT molecular complexity index is 994. The highest BCUT2D eigenvalue weighted by atomic mass is 32.2. The summed E-state index contributed by atoms with van der Waals surface area (Å²) in [5, 5.41) is 0.628. The summed E-state index contributed by atoms with van der Waals surface area (Å²) in [7, 11) is 0. The number of anilines is 1. The molecule has 0 atom stereocenters. The second kappa shape index (κ2) is 9.04. The number of likely N-dealkylation sites (N-methyl/N-ethyl adjacent to an activating group) is 1. The molecule has 2 aliphatic heterocycles. The Morgan fingerprint density at radius 2 is 1.83 bits per heavy atom. The summed E-state index contributed by atoms with van der Waals surface area (Å²) in [5.74, 6) is -0.339. The van der Waals surface area contributed by atoms with E-state index in [9.17, 15) is 9.18 Å². The van der Waals surface area contributed by atoms with Gasteiger partial charge in [-0.25, -0.2) is 9.38 Å². The normalized spacial score (nSPS) is 19.9. The molecule has 0 radical (unpaired) electrons. The number of carbonyl (C=O) groups excluding carboxylic acids is 1. The lowest BCUT2D eigenvalue weighted by Gasteiger charge is -2.29.